The van der Waals surface area contributed by atoms with E-state index in [9.17, 15) is 4.79 Å². The van der Waals surface area contributed by atoms with Crippen LogP contribution in [0.5, 0.6) is 0 Å². The lowest BCUT2D eigenvalue weighted by atomic mass is 10.0. The Hall–Kier alpha value is -2.11. The van der Waals surface area contributed by atoms with Crippen molar-refractivity contribution in [3.05, 3.63) is 87.3 Å². The molecule has 0 aliphatic carbocycles. The molecule has 5 heteroatoms. The summed E-state index contributed by atoms with van der Waals surface area (Å²) in [5, 5.41) is 3.38. The molecule has 1 N–H and O–H groups in total. The minimum absolute atomic E-state index is 0.000813. The zero-order valence-corrected chi connectivity index (χ0v) is 16.3. The van der Waals surface area contributed by atoms with Crippen LogP contribution in [0.3, 0.4) is 0 Å². The van der Waals surface area contributed by atoms with E-state index in [4.69, 9.17) is 0 Å². The summed E-state index contributed by atoms with van der Waals surface area (Å²) >= 11 is 6.94. The van der Waals surface area contributed by atoms with Crippen molar-refractivity contribution in [2.75, 3.05) is 10.2 Å². The number of carbonyl (C=O) groups is 1. The van der Waals surface area contributed by atoms with Crippen LogP contribution in [0, 0.1) is 0 Å². The van der Waals surface area contributed by atoms with E-state index in [1.54, 1.807) is 4.90 Å². The number of fused-ring (bicyclic) bond motifs is 1. The SMILES string of the molecule is O=C1C(c2ccc(Br)cc2)Nc2ccccc2N1c1cccc(Br)c1. The summed E-state index contributed by atoms with van der Waals surface area (Å²) in [6.45, 7) is 0. The third-order valence-electron chi connectivity index (χ3n) is 4.18. The fraction of sp³-hybridized carbons (Fsp3) is 0.0500. The Labute approximate surface area is 162 Å². The van der Waals surface area contributed by atoms with Gasteiger partial charge in [-0.25, -0.2) is 0 Å². The van der Waals surface area contributed by atoms with E-state index in [1.807, 2.05) is 72.8 Å². The van der Waals surface area contributed by atoms with Gasteiger partial charge in [-0.05, 0) is 48.0 Å². The first-order chi connectivity index (χ1) is 12.1. The van der Waals surface area contributed by atoms with Gasteiger partial charge in [0.1, 0.15) is 6.04 Å². The quantitative estimate of drug-likeness (QED) is 0.508. The van der Waals surface area contributed by atoms with Crippen molar-refractivity contribution in [3.63, 3.8) is 0 Å². The molecule has 3 aromatic carbocycles. The number of hydrogen-bond donors (Lipinski definition) is 1. The average molecular weight is 458 g/mol. The molecule has 1 unspecified atom stereocenters. The van der Waals surface area contributed by atoms with Crippen LogP contribution in [0.4, 0.5) is 17.1 Å². The largest absolute Gasteiger partial charge is 0.368 e. The maximum atomic E-state index is 13.3. The predicted molar refractivity (Wildman–Crippen MR) is 108 cm³/mol. The second kappa shape index (κ2) is 6.65. The first-order valence-electron chi connectivity index (χ1n) is 7.84. The van der Waals surface area contributed by atoms with Crippen LogP contribution in [-0.4, -0.2) is 5.91 Å². The smallest absolute Gasteiger partial charge is 0.258 e. The molecule has 0 fully saturated rings. The second-order valence-corrected chi connectivity index (χ2v) is 7.63. The molecule has 1 atom stereocenters. The lowest BCUT2D eigenvalue weighted by Crippen LogP contribution is -2.39. The molecule has 0 radical (unpaired) electrons. The topological polar surface area (TPSA) is 32.3 Å². The number of rotatable bonds is 2. The van der Waals surface area contributed by atoms with Gasteiger partial charge in [0, 0.05) is 8.95 Å². The Kier molecular flexibility index (Phi) is 4.36. The minimum Gasteiger partial charge on any atom is -0.368 e. The van der Waals surface area contributed by atoms with Crippen LogP contribution in [0.1, 0.15) is 11.6 Å². The summed E-state index contributed by atoms with van der Waals surface area (Å²) in [4.78, 5) is 15.1. The van der Waals surface area contributed by atoms with E-state index in [2.05, 4.69) is 37.2 Å². The number of benzene rings is 3. The maximum Gasteiger partial charge on any atom is 0.258 e. The van der Waals surface area contributed by atoms with Gasteiger partial charge in [-0.15, -0.1) is 0 Å². The van der Waals surface area contributed by atoms with E-state index in [0.29, 0.717) is 0 Å². The van der Waals surface area contributed by atoms with Gasteiger partial charge in [-0.2, -0.15) is 0 Å². The van der Waals surface area contributed by atoms with Crippen LogP contribution in [0.15, 0.2) is 81.7 Å². The van der Waals surface area contributed by atoms with Gasteiger partial charge in [-0.1, -0.05) is 62.2 Å². The summed E-state index contributed by atoms with van der Waals surface area (Å²) in [7, 11) is 0. The summed E-state index contributed by atoms with van der Waals surface area (Å²) in [5.74, 6) is -0.000813. The van der Waals surface area contributed by atoms with Crippen molar-refractivity contribution in [1.82, 2.24) is 0 Å². The van der Waals surface area contributed by atoms with E-state index in [1.165, 1.54) is 0 Å². The summed E-state index contributed by atoms with van der Waals surface area (Å²) < 4.78 is 1.93. The Balaban J connectivity index is 1.84. The van der Waals surface area contributed by atoms with Gasteiger partial charge in [0.05, 0.1) is 17.1 Å². The first-order valence-corrected chi connectivity index (χ1v) is 9.43. The summed E-state index contributed by atoms with van der Waals surface area (Å²) in [6.07, 6.45) is 0. The minimum atomic E-state index is -0.429. The van der Waals surface area contributed by atoms with Crippen molar-refractivity contribution < 1.29 is 4.79 Å². The van der Waals surface area contributed by atoms with Crippen molar-refractivity contribution in [2.45, 2.75) is 6.04 Å². The van der Waals surface area contributed by atoms with Crippen LogP contribution >= 0.6 is 31.9 Å². The number of nitrogens with one attached hydrogen (secondary N) is 1. The van der Waals surface area contributed by atoms with Gasteiger partial charge >= 0.3 is 0 Å². The lowest BCUT2D eigenvalue weighted by Gasteiger charge is -2.35. The molecular weight excluding hydrogens is 444 g/mol. The van der Waals surface area contributed by atoms with Gasteiger partial charge in [0.15, 0.2) is 0 Å². The van der Waals surface area contributed by atoms with Crippen molar-refractivity contribution in [1.29, 1.82) is 0 Å². The number of anilines is 3. The molecule has 0 saturated carbocycles. The second-order valence-electron chi connectivity index (χ2n) is 5.80. The van der Waals surface area contributed by atoms with Crippen LogP contribution < -0.4 is 10.2 Å². The molecule has 1 heterocycles. The number of para-hydroxylation sites is 2. The van der Waals surface area contributed by atoms with Crippen LogP contribution in [0.2, 0.25) is 0 Å². The molecule has 1 aliphatic rings. The Morgan fingerprint density at radius 3 is 2.36 bits per heavy atom. The Morgan fingerprint density at radius 2 is 1.60 bits per heavy atom. The zero-order valence-electron chi connectivity index (χ0n) is 13.1. The highest BCUT2D eigenvalue weighted by molar-refractivity contribution is 9.10. The fourth-order valence-corrected chi connectivity index (χ4v) is 3.67. The van der Waals surface area contributed by atoms with E-state index in [-0.39, 0.29) is 5.91 Å². The van der Waals surface area contributed by atoms with Crippen molar-refractivity contribution >= 4 is 54.8 Å². The summed E-state index contributed by atoms with van der Waals surface area (Å²) in [6, 6.07) is 23.1. The molecule has 124 valence electrons. The van der Waals surface area contributed by atoms with Crippen molar-refractivity contribution in [3.8, 4) is 0 Å². The molecule has 25 heavy (non-hydrogen) atoms. The summed E-state index contributed by atoms with van der Waals surface area (Å²) in [5.41, 5.74) is 3.58. The molecule has 0 spiro atoms. The van der Waals surface area contributed by atoms with E-state index >= 15 is 0 Å². The first kappa shape index (κ1) is 16.4. The number of nitrogens with zero attached hydrogens (tertiary/aromatic N) is 1. The third-order valence-corrected chi connectivity index (χ3v) is 5.20. The highest BCUT2D eigenvalue weighted by Crippen LogP contribution is 2.41. The third kappa shape index (κ3) is 3.10. The van der Waals surface area contributed by atoms with E-state index in [0.717, 1.165) is 31.6 Å². The van der Waals surface area contributed by atoms with Gasteiger partial charge in [0.25, 0.3) is 5.91 Å². The van der Waals surface area contributed by atoms with Gasteiger partial charge in [-0.3, -0.25) is 9.69 Å². The molecule has 0 bridgehead atoms. The molecule has 4 rings (SSSR count). The Bertz CT molecular complexity index is 940. The number of halogens is 2. The standard InChI is InChI=1S/C20H14Br2N2O/c21-14-10-8-13(9-11-14)19-20(25)24(16-5-3-4-15(22)12-16)18-7-2-1-6-17(18)23-19/h1-12,19,23H. The monoisotopic (exact) mass is 456 g/mol. The number of carbonyl (C=O) groups excluding carboxylic acids is 1. The van der Waals surface area contributed by atoms with Crippen LogP contribution in [0.25, 0.3) is 0 Å². The van der Waals surface area contributed by atoms with Crippen LogP contribution in [-0.2, 0) is 4.79 Å². The molecule has 3 aromatic rings. The maximum absolute atomic E-state index is 13.3. The average Bonchev–Trinajstić information content (AvgIpc) is 2.62. The van der Waals surface area contributed by atoms with Gasteiger partial charge < -0.3 is 5.32 Å². The molecule has 0 saturated heterocycles. The highest BCUT2D eigenvalue weighted by atomic mass is 79.9. The highest BCUT2D eigenvalue weighted by Gasteiger charge is 2.34. The van der Waals surface area contributed by atoms with Crippen molar-refractivity contribution in [2.24, 2.45) is 0 Å². The predicted octanol–water partition coefficient (Wildman–Crippen LogP) is 6.04. The molecular formula is C20H14Br2N2O. The molecule has 0 aromatic heterocycles. The molecule has 1 amide bonds. The Morgan fingerprint density at radius 1 is 0.840 bits per heavy atom. The lowest BCUT2D eigenvalue weighted by molar-refractivity contribution is -0.118. The van der Waals surface area contributed by atoms with E-state index < -0.39 is 6.04 Å². The zero-order chi connectivity index (χ0) is 17.4. The molecule has 3 nitrogen and oxygen atoms in total. The normalized spacial score (nSPS) is 16.3. The fourth-order valence-electron chi connectivity index (χ4n) is 3.02. The molecule has 1 aliphatic heterocycles. The van der Waals surface area contributed by atoms with Gasteiger partial charge in [0.2, 0.25) is 0 Å². The number of hydrogen-bond acceptors (Lipinski definition) is 2. The number of amides is 1.